The Balaban J connectivity index is 2.11. The summed E-state index contributed by atoms with van der Waals surface area (Å²) in [6, 6.07) is 7.45. The zero-order valence-electron chi connectivity index (χ0n) is 11.2. The number of rotatable bonds is 3. The van der Waals surface area contributed by atoms with Crippen LogP contribution in [0.4, 0.5) is 0 Å². The molecule has 3 nitrogen and oxygen atoms in total. The zero-order chi connectivity index (χ0) is 13.6. The summed E-state index contributed by atoms with van der Waals surface area (Å²) < 4.78 is 1.76. The second-order valence-electron chi connectivity index (χ2n) is 5.98. The molecular weight excluding hydrogens is 260 g/mol. The second-order valence-corrected chi connectivity index (χ2v) is 6.25. The van der Waals surface area contributed by atoms with Gasteiger partial charge in [0.25, 0.3) is 5.56 Å². The second kappa shape index (κ2) is 4.34. The maximum atomic E-state index is 12.5. The van der Waals surface area contributed by atoms with Crippen molar-refractivity contribution in [2.24, 2.45) is 11.3 Å². The molecule has 1 aliphatic carbocycles. The van der Waals surface area contributed by atoms with E-state index in [9.17, 15) is 4.79 Å². The number of hydrogen-bond acceptors (Lipinski definition) is 2. The average Bonchev–Trinajstić information content (AvgIpc) is 3.00. The number of benzene rings is 1. The lowest BCUT2D eigenvalue weighted by Gasteiger charge is -2.12. The lowest BCUT2D eigenvalue weighted by Crippen LogP contribution is -2.26. The summed E-state index contributed by atoms with van der Waals surface area (Å²) in [5, 5.41) is 0.676. The van der Waals surface area contributed by atoms with Crippen molar-refractivity contribution < 1.29 is 0 Å². The van der Waals surface area contributed by atoms with Crippen LogP contribution >= 0.6 is 11.6 Å². The Kier molecular flexibility index (Phi) is 2.90. The number of alkyl halides is 1. The molecule has 0 N–H and O–H groups in total. The van der Waals surface area contributed by atoms with E-state index in [4.69, 9.17) is 11.6 Å². The van der Waals surface area contributed by atoms with Crippen LogP contribution in [0, 0.1) is 11.3 Å². The highest BCUT2D eigenvalue weighted by molar-refractivity contribution is 6.16. The van der Waals surface area contributed by atoms with Crippen molar-refractivity contribution in [3.05, 3.63) is 40.4 Å². The summed E-state index contributed by atoms with van der Waals surface area (Å²) in [5.74, 6) is 1.50. The van der Waals surface area contributed by atoms with Gasteiger partial charge in [-0.3, -0.25) is 9.36 Å². The molecule has 1 aromatic heterocycles. The van der Waals surface area contributed by atoms with Crippen LogP contribution in [0.5, 0.6) is 0 Å². The molecule has 100 valence electrons. The summed E-state index contributed by atoms with van der Waals surface area (Å²) in [6.07, 6.45) is 1.16. The first-order chi connectivity index (χ1) is 9.03. The standard InChI is InChI=1S/C15H17ClN2O/c1-15(2)7-10(15)9-18-13(8-16)17-12-6-4-3-5-11(12)14(18)19/h3-6,10H,7-9H2,1-2H3. The normalized spacial score (nSPS) is 20.7. The van der Waals surface area contributed by atoms with Gasteiger partial charge in [-0.05, 0) is 29.9 Å². The fraction of sp³-hybridized carbons (Fsp3) is 0.467. The predicted molar refractivity (Wildman–Crippen MR) is 77.4 cm³/mol. The Morgan fingerprint density at radius 2 is 2.11 bits per heavy atom. The quantitative estimate of drug-likeness (QED) is 0.807. The van der Waals surface area contributed by atoms with E-state index in [1.54, 1.807) is 4.57 Å². The van der Waals surface area contributed by atoms with E-state index in [2.05, 4.69) is 18.8 Å². The largest absolute Gasteiger partial charge is 0.295 e. The monoisotopic (exact) mass is 276 g/mol. The number of aromatic nitrogens is 2. The fourth-order valence-corrected chi connectivity index (χ4v) is 2.82. The summed E-state index contributed by atoms with van der Waals surface area (Å²) >= 11 is 5.96. The molecule has 1 unspecified atom stereocenters. The van der Waals surface area contributed by atoms with E-state index in [1.165, 1.54) is 0 Å². The van der Waals surface area contributed by atoms with Crippen LogP contribution in [0.1, 0.15) is 26.1 Å². The SMILES string of the molecule is CC1(C)CC1Cn1c(CCl)nc2ccccc2c1=O. The Hall–Kier alpha value is -1.35. The van der Waals surface area contributed by atoms with Gasteiger partial charge in [0.2, 0.25) is 0 Å². The topological polar surface area (TPSA) is 34.9 Å². The number of halogens is 1. The third-order valence-electron chi connectivity index (χ3n) is 4.18. The van der Waals surface area contributed by atoms with Crippen molar-refractivity contribution in [3.63, 3.8) is 0 Å². The van der Waals surface area contributed by atoms with Gasteiger partial charge < -0.3 is 0 Å². The number of nitrogens with zero attached hydrogens (tertiary/aromatic N) is 2. The third-order valence-corrected chi connectivity index (χ3v) is 4.42. The van der Waals surface area contributed by atoms with E-state index in [-0.39, 0.29) is 11.4 Å². The number of hydrogen-bond donors (Lipinski definition) is 0. The maximum Gasteiger partial charge on any atom is 0.261 e. The van der Waals surface area contributed by atoms with E-state index in [1.807, 2.05) is 24.3 Å². The molecule has 1 aliphatic rings. The Bertz CT molecular complexity index is 690. The maximum absolute atomic E-state index is 12.5. The molecule has 1 fully saturated rings. The lowest BCUT2D eigenvalue weighted by molar-refractivity contribution is 0.481. The van der Waals surface area contributed by atoms with Crippen molar-refractivity contribution >= 4 is 22.5 Å². The van der Waals surface area contributed by atoms with E-state index in [0.717, 1.165) is 18.5 Å². The number of fused-ring (bicyclic) bond motifs is 1. The van der Waals surface area contributed by atoms with Gasteiger partial charge in [0.05, 0.1) is 16.8 Å². The fourth-order valence-electron chi connectivity index (χ4n) is 2.61. The van der Waals surface area contributed by atoms with Crippen LogP contribution in [-0.4, -0.2) is 9.55 Å². The van der Waals surface area contributed by atoms with Crippen molar-refractivity contribution in [3.8, 4) is 0 Å². The highest BCUT2D eigenvalue weighted by Gasteiger charge is 2.45. The van der Waals surface area contributed by atoms with Crippen molar-refractivity contribution in [1.29, 1.82) is 0 Å². The van der Waals surface area contributed by atoms with Crippen LogP contribution in [0.3, 0.4) is 0 Å². The van der Waals surface area contributed by atoms with Crippen LogP contribution < -0.4 is 5.56 Å². The molecule has 4 heteroatoms. The number of para-hydroxylation sites is 1. The first-order valence-electron chi connectivity index (χ1n) is 6.57. The lowest BCUT2D eigenvalue weighted by atomic mass is 10.1. The third kappa shape index (κ3) is 2.16. The van der Waals surface area contributed by atoms with Gasteiger partial charge in [-0.15, -0.1) is 11.6 Å². The smallest absolute Gasteiger partial charge is 0.261 e. The van der Waals surface area contributed by atoms with Crippen LogP contribution in [0.25, 0.3) is 10.9 Å². The van der Waals surface area contributed by atoms with Crippen LogP contribution in [0.15, 0.2) is 29.1 Å². The summed E-state index contributed by atoms with van der Waals surface area (Å²) in [4.78, 5) is 17.1. The molecular formula is C15H17ClN2O. The van der Waals surface area contributed by atoms with E-state index >= 15 is 0 Å². The zero-order valence-corrected chi connectivity index (χ0v) is 11.9. The van der Waals surface area contributed by atoms with Crippen LogP contribution in [0.2, 0.25) is 0 Å². The molecule has 0 radical (unpaired) electrons. The van der Waals surface area contributed by atoms with Gasteiger partial charge in [0, 0.05) is 6.54 Å². The molecule has 1 saturated carbocycles. The minimum Gasteiger partial charge on any atom is -0.295 e. The predicted octanol–water partition coefficient (Wildman–Crippen LogP) is 3.18. The Labute approximate surface area is 117 Å². The Morgan fingerprint density at radius 1 is 1.42 bits per heavy atom. The van der Waals surface area contributed by atoms with Gasteiger partial charge >= 0.3 is 0 Å². The van der Waals surface area contributed by atoms with Crippen molar-refractivity contribution in [2.75, 3.05) is 0 Å². The van der Waals surface area contributed by atoms with E-state index < -0.39 is 0 Å². The molecule has 0 amide bonds. The van der Waals surface area contributed by atoms with Gasteiger partial charge in [-0.2, -0.15) is 0 Å². The van der Waals surface area contributed by atoms with Gasteiger partial charge in [0.1, 0.15) is 5.82 Å². The van der Waals surface area contributed by atoms with Gasteiger partial charge in [0.15, 0.2) is 0 Å². The molecule has 3 rings (SSSR count). The highest BCUT2D eigenvalue weighted by atomic mass is 35.5. The molecule has 0 spiro atoms. The molecule has 0 bridgehead atoms. The molecule has 1 heterocycles. The van der Waals surface area contributed by atoms with Gasteiger partial charge in [-0.25, -0.2) is 4.98 Å². The Morgan fingerprint density at radius 3 is 2.74 bits per heavy atom. The van der Waals surface area contributed by atoms with Crippen molar-refractivity contribution in [2.45, 2.75) is 32.7 Å². The highest BCUT2D eigenvalue weighted by Crippen LogP contribution is 2.52. The minimum atomic E-state index is 0.0314. The summed E-state index contributed by atoms with van der Waals surface area (Å²) in [6.45, 7) is 5.20. The van der Waals surface area contributed by atoms with Crippen molar-refractivity contribution in [1.82, 2.24) is 9.55 Å². The molecule has 1 aromatic carbocycles. The molecule has 19 heavy (non-hydrogen) atoms. The molecule has 0 saturated heterocycles. The average molecular weight is 277 g/mol. The summed E-state index contributed by atoms with van der Waals surface area (Å²) in [5.41, 5.74) is 1.10. The minimum absolute atomic E-state index is 0.0314. The van der Waals surface area contributed by atoms with E-state index in [0.29, 0.717) is 22.5 Å². The summed E-state index contributed by atoms with van der Waals surface area (Å²) in [7, 11) is 0. The molecule has 2 aromatic rings. The molecule has 1 atom stereocenters. The van der Waals surface area contributed by atoms with Gasteiger partial charge in [-0.1, -0.05) is 26.0 Å². The first kappa shape index (κ1) is 12.7. The van der Waals surface area contributed by atoms with Crippen LogP contribution in [-0.2, 0) is 12.4 Å². The molecule has 0 aliphatic heterocycles. The first-order valence-corrected chi connectivity index (χ1v) is 7.11.